The molecule has 11 aromatic rings. The Morgan fingerprint density at radius 1 is 0.375 bits per heavy atom. The van der Waals surface area contributed by atoms with Gasteiger partial charge in [-0.05, 0) is 58.6 Å². The second-order valence-corrected chi connectivity index (χ2v) is 13.3. The van der Waals surface area contributed by atoms with Crippen molar-refractivity contribution in [2.24, 2.45) is 0 Å². The van der Waals surface area contributed by atoms with Crippen LogP contribution in [0, 0.1) is 0 Å². The highest BCUT2D eigenvalue weighted by Gasteiger charge is 2.23. The molecule has 0 radical (unpaired) electrons. The van der Waals surface area contributed by atoms with Crippen molar-refractivity contribution in [2.45, 2.75) is 0 Å². The number of fused-ring (bicyclic) bond motifs is 7. The van der Waals surface area contributed by atoms with Gasteiger partial charge in [0.05, 0.1) is 35.8 Å². The summed E-state index contributed by atoms with van der Waals surface area (Å²) in [7, 11) is 0. The van der Waals surface area contributed by atoms with Crippen LogP contribution in [-0.2, 0) is 0 Å². The van der Waals surface area contributed by atoms with Gasteiger partial charge in [-0.1, -0.05) is 164 Å². The number of nitrogens with zero attached hydrogens (tertiary/aromatic N) is 5. The van der Waals surface area contributed by atoms with E-state index >= 15 is 0 Å². The van der Waals surface area contributed by atoms with Crippen molar-refractivity contribution in [3.8, 4) is 56.7 Å². The molecule has 0 spiro atoms. The van der Waals surface area contributed by atoms with Gasteiger partial charge in [0.15, 0.2) is 11.6 Å². The van der Waals surface area contributed by atoms with Crippen LogP contribution in [0.1, 0.15) is 13.7 Å². The van der Waals surface area contributed by atoms with Crippen molar-refractivity contribution in [3.63, 3.8) is 0 Å². The Balaban J connectivity index is 1.36. The molecule has 0 aliphatic carbocycles. The molecule has 0 bridgehead atoms. The van der Waals surface area contributed by atoms with Gasteiger partial charge in [-0.15, -0.1) is 0 Å². The van der Waals surface area contributed by atoms with Crippen molar-refractivity contribution < 1.29 is 13.7 Å². The van der Waals surface area contributed by atoms with Crippen molar-refractivity contribution in [3.05, 3.63) is 200 Å². The summed E-state index contributed by atoms with van der Waals surface area (Å²) < 4.78 is 95.9. The van der Waals surface area contributed by atoms with E-state index in [4.69, 9.17) is 20.4 Å². The SMILES string of the molecule is [2H]c1c([2H])c([2H])c2c(c1[2H])c1c(c([2H])c([2H])c3c4c([2H])c([2H])c([2H])c([2H])c4n(-c4nc(-c5ccccc5)nc(-c5cccc(-c6ccccc6)c5)n4)c31)n2-c1cccc(-c2ccccc2)c1. The average molecular weight is 726 g/mol. The third-order valence-corrected chi connectivity index (χ3v) is 10.0. The molecular weight excluding hydrogens is 683 g/mol. The minimum atomic E-state index is -0.557. The summed E-state index contributed by atoms with van der Waals surface area (Å²) in [5.41, 5.74) is 5.30. The van der Waals surface area contributed by atoms with Gasteiger partial charge in [-0.25, -0.2) is 4.98 Å². The molecule has 5 heteroatoms. The zero-order chi connectivity index (χ0) is 45.7. The first kappa shape index (κ1) is 23.2. The van der Waals surface area contributed by atoms with Gasteiger partial charge >= 0.3 is 0 Å². The van der Waals surface area contributed by atoms with Crippen molar-refractivity contribution in [2.75, 3.05) is 0 Å². The van der Waals surface area contributed by atoms with Crippen LogP contribution in [0.3, 0.4) is 0 Å². The Bertz CT molecular complexity index is 3820. The fourth-order valence-corrected chi connectivity index (χ4v) is 7.51. The molecule has 262 valence electrons. The van der Waals surface area contributed by atoms with Gasteiger partial charge < -0.3 is 4.57 Å². The molecule has 0 saturated carbocycles. The summed E-state index contributed by atoms with van der Waals surface area (Å²) in [6, 6.07) is 39.0. The quantitative estimate of drug-likeness (QED) is 0.171. The number of para-hydroxylation sites is 2. The van der Waals surface area contributed by atoms with Crippen LogP contribution in [0.2, 0.25) is 0 Å². The molecule has 0 unspecified atom stereocenters. The Labute approximate surface area is 337 Å². The maximum atomic E-state index is 9.79. The molecule has 0 N–H and O–H groups in total. The molecule has 5 nitrogen and oxygen atoms in total. The number of hydrogen-bond acceptors (Lipinski definition) is 3. The van der Waals surface area contributed by atoms with Crippen molar-refractivity contribution in [1.82, 2.24) is 24.1 Å². The molecule has 0 saturated heterocycles. The molecule has 8 aromatic carbocycles. The Hall–Kier alpha value is -7.63. The number of hydrogen-bond donors (Lipinski definition) is 0. The molecule has 0 atom stereocenters. The number of rotatable bonds is 6. The molecule has 0 amide bonds. The minimum absolute atomic E-state index is 0.0204. The van der Waals surface area contributed by atoms with Gasteiger partial charge in [0.25, 0.3) is 0 Å². The van der Waals surface area contributed by atoms with Gasteiger partial charge in [0, 0.05) is 38.4 Å². The lowest BCUT2D eigenvalue weighted by atomic mass is 10.0. The predicted octanol–water partition coefficient (Wildman–Crippen LogP) is 12.7. The fraction of sp³-hybridized carbons (Fsp3) is 0. The second kappa shape index (κ2) is 13.0. The number of benzene rings is 8. The molecule has 56 heavy (non-hydrogen) atoms. The lowest BCUT2D eigenvalue weighted by Gasteiger charge is -2.12. The third-order valence-electron chi connectivity index (χ3n) is 10.0. The molecule has 0 fully saturated rings. The molecule has 0 aliphatic rings. The van der Waals surface area contributed by atoms with Gasteiger partial charge in [-0.2, -0.15) is 9.97 Å². The summed E-state index contributed by atoms with van der Waals surface area (Å²) in [4.78, 5) is 15.1. The summed E-state index contributed by atoms with van der Waals surface area (Å²) in [6.45, 7) is 0. The second-order valence-electron chi connectivity index (χ2n) is 13.3. The zero-order valence-corrected chi connectivity index (χ0v) is 29.5. The minimum Gasteiger partial charge on any atom is -0.309 e. The summed E-state index contributed by atoms with van der Waals surface area (Å²) >= 11 is 0. The topological polar surface area (TPSA) is 48.5 Å². The highest BCUT2D eigenvalue weighted by molar-refractivity contribution is 6.26. The monoisotopic (exact) mass is 725 g/mol. The van der Waals surface area contributed by atoms with E-state index in [1.807, 2.05) is 133 Å². The third kappa shape index (κ3) is 5.21. The van der Waals surface area contributed by atoms with Crippen LogP contribution in [0.4, 0.5) is 0 Å². The fourth-order valence-electron chi connectivity index (χ4n) is 7.51. The van der Waals surface area contributed by atoms with E-state index in [0.29, 0.717) is 16.8 Å². The standard InChI is InChI=1S/C51H33N5/c1-4-16-34(17-5-1)37-22-14-24-39(32-37)50-52-49(36-20-8-3-9-21-36)53-51(54-50)56-44-28-12-10-26-41(44)42-30-31-46-47(48(42)56)43-27-11-13-29-45(43)55(46)40-25-15-23-38(33-40)35-18-6-2-7-19-35/h1-33H/i10D,11D,12D,13D,26D,27D,28D,29D,30D,31D. The van der Waals surface area contributed by atoms with Crippen LogP contribution >= 0.6 is 0 Å². The highest BCUT2D eigenvalue weighted by atomic mass is 15.2. The summed E-state index contributed by atoms with van der Waals surface area (Å²) in [5, 5.41) is 0.0272. The average Bonchev–Trinajstić information content (AvgIpc) is 3.91. The largest absolute Gasteiger partial charge is 0.309 e. The van der Waals surface area contributed by atoms with Crippen LogP contribution in [0.5, 0.6) is 0 Å². The van der Waals surface area contributed by atoms with Crippen LogP contribution in [0.15, 0.2) is 200 Å². The Morgan fingerprint density at radius 3 is 1.61 bits per heavy atom. The van der Waals surface area contributed by atoms with E-state index in [-0.39, 0.29) is 73.3 Å². The van der Waals surface area contributed by atoms with Crippen molar-refractivity contribution in [1.29, 1.82) is 0 Å². The lowest BCUT2D eigenvalue weighted by Crippen LogP contribution is -2.06. The van der Waals surface area contributed by atoms with Gasteiger partial charge in [0.2, 0.25) is 5.95 Å². The van der Waals surface area contributed by atoms with Crippen LogP contribution in [0.25, 0.3) is 100 Å². The Morgan fingerprint density at radius 2 is 0.911 bits per heavy atom. The first-order valence-corrected chi connectivity index (χ1v) is 18.1. The molecule has 3 aromatic heterocycles. The molecule has 11 rings (SSSR count). The van der Waals surface area contributed by atoms with Crippen LogP contribution < -0.4 is 0 Å². The zero-order valence-electron chi connectivity index (χ0n) is 39.5. The van der Waals surface area contributed by atoms with Crippen molar-refractivity contribution >= 4 is 43.6 Å². The molecule has 0 aliphatic heterocycles. The predicted molar refractivity (Wildman–Crippen MR) is 230 cm³/mol. The summed E-state index contributed by atoms with van der Waals surface area (Å²) in [6.07, 6.45) is 0. The lowest BCUT2D eigenvalue weighted by molar-refractivity contribution is 0.955. The molecule has 3 heterocycles. The van der Waals surface area contributed by atoms with E-state index < -0.39 is 48.3 Å². The highest BCUT2D eigenvalue weighted by Crippen LogP contribution is 2.42. The number of aromatic nitrogens is 5. The Kier molecular flexibility index (Phi) is 5.41. The first-order valence-electron chi connectivity index (χ1n) is 23.1. The maximum absolute atomic E-state index is 9.79. The van der Waals surface area contributed by atoms with E-state index in [0.717, 1.165) is 22.3 Å². The summed E-state index contributed by atoms with van der Waals surface area (Å²) in [5.74, 6) is 0.382. The smallest absolute Gasteiger partial charge is 0.238 e. The molecular formula is C51H33N5. The van der Waals surface area contributed by atoms with Crippen LogP contribution in [-0.4, -0.2) is 24.1 Å². The van der Waals surface area contributed by atoms with E-state index in [2.05, 4.69) is 0 Å². The normalized spacial score (nSPS) is 14.1. The first-order chi connectivity index (χ1) is 31.9. The maximum Gasteiger partial charge on any atom is 0.238 e. The van der Waals surface area contributed by atoms with E-state index in [1.54, 1.807) is 10.6 Å². The van der Waals surface area contributed by atoms with Gasteiger partial charge in [0.1, 0.15) is 0 Å². The van der Waals surface area contributed by atoms with Gasteiger partial charge in [-0.3, -0.25) is 4.57 Å². The van der Waals surface area contributed by atoms with E-state index in [9.17, 15) is 8.22 Å². The van der Waals surface area contributed by atoms with E-state index in [1.165, 1.54) is 4.57 Å².